The van der Waals surface area contributed by atoms with Crippen molar-refractivity contribution in [3.8, 4) is 22.6 Å². The molecule has 3 N–H and O–H groups in total. The van der Waals surface area contributed by atoms with E-state index in [0.29, 0.717) is 22.6 Å². The number of ether oxygens (including phenoxy) is 1. The van der Waals surface area contributed by atoms with Gasteiger partial charge < -0.3 is 20.5 Å². The number of carbonyl (C=O) groups excluding carboxylic acids is 3. The summed E-state index contributed by atoms with van der Waals surface area (Å²) in [7, 11) is 0. The molecule has 0 atom stereocenters. The van der Waals surface area contributed by atoms with Crippen molar-refractivity contribution >= 4 is 23.5 Å². The smallest absolute Gasteiger partial charge is 0.343 e. The molecule has 0 spiro atoms. The zero-order chi connectivity index (χ0) is 29.5. The standard InChI is InChI=1S/C35H28N2O5/c1-23-8-18-32(19-9-23)42-35(41)29-6-3-5-28(21-29)34(40)37-30-7-2-4-24(20-30)22-36-33(39)27-12-10-25(11-13-27)26-14-16-31(38)17-15-26/h2-21,38H,22H2,1H3,(H,36,39)(H,37,40). The van der Waals surface area contributed by atoms with Crippen molar-refractivity contribution in [3.63, 3.8) is 0 Å². The Kier molecular flexibility index (Phi) is 8.40. The van der Waals surface area contributed by atoms with Gasteiger partial charge in [-0.05, 0) is 90.3 Å². The van der Waals surface area contributed by atoms with Crippen LogP contribution >= 0.6 is 0 Å². The number of rotatable bonds is 8. The fourth-order valence-electron chi connectivity index (χ4n) is 4.27. The van der Waals surface area contributed by atoms with Gasteiger partial charge in [0.2, 0.25) is 0 Å². The number of aromatic hydroxyl groups is 1. The topological polar surface area (TPSA) is 105 Å². The highest BCUT2D eigenvalue weighted by Crippen LogP contribution is 2.22. The zero-order valence-electron chi connectivity index (χ0n) is 22.8. The lowest BCUT2D eigenvalue weighted by molar-refractivity contribution is 0.0734. The van der Waals surface area contributed by atoms with Crippen LogP contribution in [0, 0.1) is 6.92 Å². The van der Waals surface area contributed by atoms with E-state index in [1.54, 1.807) is 72.8 Å². The van der Waals surface area contributed by atoms with Crippen molar-refractivity contribution in [1.82, 2.24) is 5.32 Å². The van der Waals surface area contributed by atoms with Crippen LogP contribution < -0.4 is 15.4 Å². The Morgan fingerprint density at radius 1 is 0.667 bits per heavy atom. The molecule has 0 unspecified atom stereocenters. The lowest BCUT2D eigenvalue weighted by atomic mass is 10.0. The van der Waals surface area contributed by atoms with Crippen LogP contribution in [-0.4, -0.2) is 22.9 Å². The van der Waals surface area contributed by atoms with Gasteiger partial charge in [0, 0.05) is 23.4 Å². The Morgan fingerprint density at radius 3 is 2.02 bits per heavy atom. The molecule has 0 bridgehead atoms. The highest BCUT2D eigenvalue weighted by atomic mass is 16.5. The van der Waals surface area contributed by atoms with Gasteiger partial charge in [0.1, 0.15) is 11.5 Å². The summed E-state index contributed by atoms with van der Waals surface area (Å²) in [5, 5.41) is 15.2. The number of anilines is 1. The third kappa shape index (κ3) is 7.08. The Labute approximate surface area is 243 Å². The minimum absolute atomic E-state index is 0.198. The van der Waals surface area contributed by atoms with Crippen molar-refractivity contribution in [2.45, 2.75) is 13.5 Å². The van der Waals surface area contributed by atoms with Gasteiger partial charge in [-0.1, -0.05) is 60.2 Å². The Bertz CT molecular complexity index is 1730. The predicted octanol–water partition coefficient (Wildman–Crippen LogP) is 6.77. The summed E-state index contributed by atoms with van der Waals surface area (Å²) < 4.78 is 5.42. The minimum atomic E-state index is -0.554. The zero-order valence-corrected chi connectivity index (χ0v) is 22.8. The molecule has 5 rings (SSSR count). The summed E-state index contributed by atoms with van der Waals surface area (Å²) in [5.74, 6) is -0.536. The number of nitrogens with one attached hydrogen (secondary N) is 2. The molecule has 0 aliphatic rings. The molecule has 0 fully saturated rings. The van der Waals surface area contributed by atoms with E-state index in [1.807, 2.05) is 49.4 Å². The largest absolute Gasteiger partial charge is 0.508 e. The van der Waals surface area contributed by atoms with E-state index in [-0.39, 0.29) is 29.7 Å². The first kappa shape index (κ1) is 27.9. The van der Waals surface area contributed by atoms with Crippen LogP contribution in [0.25, 0.3) is 11.1 Å². The maximum atomic E-state index is 12.9. The van der Waals surface area contributed by atoms with E-state index >= 15 is 0 Å². The van der Waals surface area contributed by atoms with Gasteiger partial charge in [0.15, 0.2) is 0 Å². The number of benzene rings is 5. The second-order valence-corrected chi connectivity index (χ2v) is 9.74. The van der Waals surface area contributed by atoms with Crippen molar-refractivity contribution in [2.24, 2.45) is 0 Å². The number of amides is 2. The molecule has 0 saturated heterocycles. The Morgan fingerprint density at radius 2 is 1.31 bits per heavy atom. The first-order valence-corrected chi connectivity index (χ1v) is 13.3. The molecule has 42 heavy (non-hydrogen) atoms. The average molecular weight is 557 g/mol. The highest BCUT2D eigenvalue weighted by Gasteiger charge is 2.13. The van der Waals surface area contributed by atoms with Crippen LogP contribution in [0.15, 0.2) is 121 Å². The molecule has 5 aromatic carbocycles. The summed E-state index contributed by atoms with van der Waals surface area (Å²) in [6, 6.07) is 34.7. The normalized spacial score (nSPS) is 10.5. The quantitative estimate of drug-likeness (QED) is 0.145. The van der Waals surface area contributed by atoms with Crippen LogP contribution in [-0.2, 0) is 6.54 Å². The monoisotopic (exact) mass is 556 g/mol. The number of phenols is 1. The second-order valence-electron chi connectivity index (χ2n) is 9.74. The summed E-state index contributed by atoms with van der Waals surface area (Å²) in [4.78, 5) is 38.3. The molecule has 0 aliphatic heterocycles. The summed E-state index contributed by atoms with van der Waals surface area (Å²) >= 11 is 0. The van der Waals surface area contributed by atoms with E-state index in [0.717, 1.165) is 22.3 Å². The van der Waals surface area contributed by atoms with Gasteiger partial charge in [-0.15, -0.1) is 0 Å². The van der Waals surface area contributed by atoms with E-state index in [1.165, 1.54) is 6.07 Å². The fourth-order valence-corrected chi connectivity index (χ4v) is 4.27. The SMILES string of the molecule is Cc1ccc(OC(=O)c2cccc(C(=O)Nc3cccc(CNC(=O)c4ccc(-c5ccc(O)cc5)cc4)c3)c2)cc1. The first-order chi connectivity index (χ1) is 20.3. The molecule has 0 saturated carbocycles. The van der Waals surface area contributed by atoms with Gasteiger partial charge >= 0.3 is 5.97 Å². The fraction of sp³-hybridized carbons (Fsp3) is 0.0571. The second kappa shape index (κ2) is 12.7. The van der Waals surface area contributed by atoms with Crippen LogP contribution in [0.4, 0.5) is 5.69 Å². The third-order valence-electron chi connectivity index (χ3n) is 6.58. The first-order valence-electron chi connectivity index (χ1n) is 13.3. The van der Waals surface area contributed by atoms with Crippen LogP contribution in [0.5, 0.6) is 11.5 Å². The number of phenolic OH excluding ortho intramolecular Hbond substituents is 1. The minimum Gasteiger partial charge on any atom is -0.508 e. The number of hydrogen-bond acceptors (Lipinski definition) is 5. The van der Waals surface area contributed by atoms with E-state index < -0.39 is 5.97 Å². The Balaban J connectivity index is 1.17. The summed E-state index contributed by atoms with van der Waals surface area (Å²) in [6.07, 6.45) is 0. The molecule has 208 valence electrons. The molecular weight excluding hydrogens is 528 g/mol. The number of esters is 1. The number of hydrogen-bond donors (Lipinski definition) is 3. The van der Waals surface area contributed by atoms with Crippen molar-refractivity contribution in [2.75, 3.05) is 5.32 Å². The Hall–Kier alpha value is -5.69. The van der Waals surface area contributed by atoms with E-state index in [4.69, 9.17) is 4.74 Å². The summed E-state index contributed by atoms with van der Waals surface area (Å²) in [5.41, 5.74) is 5.37. The lowest BCUT2D eigenvalue weighted by Crippen LogP contribution is -2.22. The summed E-state index contributed by atoms with van der Waals surface area (Å²) in [6.45, 7) is 2.21. The molecule has 7 nitrogen and oxygen atoms in total. The molecule has 7 heteroatoms. The number of aryl methyl sites for hydroxylation is 1. The van der Waals surface area contributed by atoms with E-state index in [9.17, 15) is 19.5 Å². The maximum Gasteiger partial charge on any atom is 0.343 e. The van der Waals surface area contributed by atoms with Gasteiger partial charge in [-0.3, -0.25) is 9.59 Å². The average Bonchev–Trinajstić information content (AvgIpc) is 3.01. The lowest BCUT2D eigenvalue weighted by Gasteiger charge is -2.10. The molecular formula is C35H28N2O5. The van der Waals surface area contributed by atoms with Crippen LogP contribution in [0.2, 0.25) is 0 Å². The molecule has 0 heterocycles. The predicted molar refractivity (Wildman–Crippen MR) is 162 cm³/mol. The molecule has 0 aromatic heterocycles. The van der Waals surface area contributed by atoms with Gasteiger partial charge in [0.05, 0.1) is 5.56 Å². The molecule has 0 aliphatic carbocycles. The van der Waals surface area contributed by atoms with Crippen LogP contribution in [0.1, 0.15) is 42.2 Å². The number of carbonyl (C=O) groups is 3. The molecule has 5 aromatic rings. The van der Waals surface area contributed by atoms with Gasteiger partial charge in [-0.25, -0.2) is 4.79 Å². The molecule has 2 amide bonds. The van der Waals surface area contributed by atoms with Gasteiger partial charge in [0.25, 0.3) is 11.8 Å². The van der Waals surface area contributed by atoms with Crippen molar-refractivity contribution in [1.29, 1.82) is 0 Å². The van der Waals surface area contributed by atoms with Crippen molar-refractivity contribution in [3.05, 3.63) is 149 Å². The molecule has 0 radical (unpaired) electrons. The maximum absolute atomic E-state index is 12.9. The highest BCUT2D eigenvalue weighted by molar-refractivity contribution is 6.05. The van der Waals surface area contributed by atoms with Gasteiger partial charge in [-0.2, -0.15) is 0 Å². The van der Waals surface area contributed by atoms with E-state index in [2.05, 4.69) is 10.6 Å². The van der Waals surface area contributed by atoms with Crippen LogP contribution in [0.3, 0.4) is 0 Å². The van der Waals surface area contributed by atoms with Crippen molar-refractivity contribution < 1.29 is 24.2 Å². The third-order valence-corrected chi connectivity index (χ3v) is 6.58.